The van der Waals surface area contributed by atoms with Crippen molar-refractivity contribution in [2.75, 3.05) is 58.9 Å². The van der Waals surface area contributed by atoms with Crippen molar-refractivity contribution in [3.8, 4) is 0 Å². The van der Waals surface area contributed by atoms with Crippen LogP contribution in [0.3, 0.4) is 0 Å². The van der Waals surface area contributed by atoms with E-state index < -0.39 is 139 Å². The van der Waals surface area contributed by atoms with Crippen molar-refractivity contribution >= 4 is 88.9 Å². The maximum absolute atomic E-state index is 14.6. The number of carbonyl (C=O) groups is 11. The van der Waals surface area contributed by atoms with Crippen LogP contribution < -0.4 is 128 Å². The first-order valence-corrected chi connectivity index (χ1v) is 31.6. The molecule has 0 bridgehead atoms. The first-order valence-electron chi connectivity index (χ1n) is 31.6. The summed E-state index contributed by atoms with van der Waals surface area (Å²) >= 11 is 0. The van der Waals surface area contributed by atoms with Crippen molar-refractivity contribution in [1.82, 2.24) is 47.9 Å². The van der Waals surface area contributed by atoms with E-state index in [1.165, 1.54) is 0 Å². The molecule has 0 rings (SSSR count). The number of hydrogen-bond acceptors (Lipinski definition) is 20. The van der Waals surface area contributed by atoms with Gasteiger partial charge in [-0.3, -0.25) is 67.9 Å². The molecular weight excluding hydrogens is 1230 g/mol. The minimum Gasteiger partial charge on any atom is -0.480 e. The van der Waals surface area contributed by atoms with E-state index in [2.05, 4.69) is 67.8 Å². The smallest absolute Gasteiger partial charge is 0.326 e. The van der Waals surface area contributed by atoms with Crippen molar-refractivity contribution in [1.29, 1.82) is 0 Å². The molecule has 94 heavy (non-hydrogen) atoms. The molecule has 0 heterocycles. The maximum Gasteiger partial charge on any atom is 0.326 e. The average Bonchev–Trinajstić information content (AvgIpc) is 1.32. The number of primary amides is 1. The standard InChI is InChI=1S/C55H109N27O12/c56-23-5-1-13-32(74-42(84)31-60)43(85)75-33(14-2-6-24-57)44(86)76-34(15-3-7-25-58)45(87)78-36(17-9-27-70-52(62)63)47(89)77-35(16-4-8-26-59)46(88)81-39(21-22-41(61)83)50(92)80-37(18-10-28-71-53(64)65)48(90)79-38(19-11-29-72-54(66)67)49(91)82-40(51(93)94)20-12-30-73-55(68)69/h32-40H,1-31,56-60H2,(H2,61,83)(H,74,84)(H,75,85)(H,76,86)(H,77,89)(H,78,87)(H,79,90)(H,80,92)(H,81,88)(H,82,91)(H,93,94)(H4,62,63,70)(H4,64,65,71)(H4,66,67,72)(H4,68,69,73)/t32-,33-,34-,35-,36-,37-,38-,39-,40-/m0/s1. The van der Waals surface area contributed by atoms with E-state index >= 15 is 0 Å². The highest BCUT2D eigenvalue weighted by Gasteiger charge is 2.36. The van der Waals surface area contributed by atoms with Gasteiger partial charge >= 0.3 is 5.97 Å². The normalized spacial score (nSPS) is 13.7. The lowest BCUT2D eigenvalue weighted by Gasteiger charge is -2.28. The Morgan fingerprint density at radius 2 is 0.479 bits per heavy atom. The fraction of sp³-hybridized carbons (Fsp3) is 0.727. The molecule has 0 aromatic heterocycles. The van der Waals surface area contributed by atoms with Crippen LogP contribution in [0.15, 0.2) is 20.0 Å². The molecule has 0 saturated heterocycles. The summed E-state index contributed by atoms with van der Waals surface area (Å²) in [6.45, 7) is 0.524. The second kappa shape index (κ2) is 50.6. The molecule has 39 heteroatoms. The van der Waals surface area contributed by atoms with Crippen LogP contribution in [-0.4, -0.2) is 207 Å². The van der Waals surface area contributed by atoms with Gasteiger partial charge in [0.2, 0.25) is 59.1 Å². The summed E-state index contributed by atoms with van der Waals surface area (Å²) in [6, 6.07) is -12.7. The Bertz CT molecular complexity index is 2470. The number of carboxylic acids is 1. The highest BCUT2D eigenvalue weighted by atomic mass is 16.4. The van der Waals surface area contributed by atoms with Crippen molar-refractivity contribution in [3.63, 3.8) is 0 Å². The van der Waals surface area contributed by atoms with Gasteiger partial charge in [-0.15, -0.1) is 0 Å². The lowest BCUT2D eigenvalue weighted by atomic mass is 10.0. The Balaban J connectivity index is 7.41. The van der Waals surface area contributed by atoms with Gasteiger partial charge in [-0.05, 0) is 161 Å². The molecule has 0 spiro atoms. The molecular formula is C55H109N27O12. The van der Waals surface area contributed by atoms with Crippen LogP contribution in [0.4, 0.5) is 0 Å². The third-order valence-corrected chi connectivity index (χ3v) is 14.1. The number of aliphatic imine (C=N–C) groups is 4. The summed E-state index contributed by atoms with van der Waals surface area (Å²) < 4.78 is 0. The summed E-state index contributed by atoms with van der Waals surface area (Å²) in [6.07, 6.45) is 2.05. The van der Waals surface area contributed by atoms with E-state index in [-0.39, 0.29) is 153 Å². The third-order valence-electron chi connectivity index (χ3n) is 14.1. The number of nitrogens with two attached hydrogens (primary N) is 14. The van der Waals surface area contributed by atoms with E-state index in [0.29, 0.717) is 51.5 Å². The number of rotatable bonds is 54. The van der Waals surface area contributed by atoms with Crippen LogP contribution in [0, 0.1) is 0 Å². The number of carboxylic acid groups (broad SMARTS) is 1. The van der Waals surface area contributed by atoms with Crippen LogP contribution in [-0.2, 0) is 52.7 Å². The average molecular weight is 1340 g/mol. The molecule has 0 saturated carbocycles. The summed E-state index contributed by atoms with van der Waals surface area (Å²) in [5, 5.41) is 33.4. The van der Waals surface area contributed by atoms with Crippen LogP contribution in [0.25, 0.3) is 0 Å². The van der Waals surface area contributed by atoms with Crippen molar-refractivity contribution in [3.05, 3.63) is 0 Å². The zero-order valence-electron chi connectivity index (χ0n) is 53.9. The monoisotopic (exact) mass is 1340 g/mol. The van der Waals surface area contributed by atoms with Gasteiger partial charge in [-0.25, -0.2) is 4.79 Å². The Labute approximate surface area is 547 Å². The van der Waals surface area contributed by atoms with Crippen LogP contribution in [0.1, 0.15) is 141 Å². The third kappa shape index (κ3) is 40.1. The quantitative estimate of drug-likeness (QED) is 0.0153. The van der Waals surface area contributed by atoms with Crippen molar-refractivity contribution in [2.45, 2.75) is 196 Å². The van der Waals surface area contributed by atoms with Crippen LogP contribution in [0.5, 0.6) is 0 Å². The highest BCUT2D eigenvalue weighted by molar-refractivity contribution is 5.98. The summed E-state index contributed by atoms with van der Waals surface area (Å²) in [7, 11) is 0. The lowest BCUT2D eigenvalue weighted by Crippen LogP contribution is -2.60. The minimum absolute atomic E-state index is 0.0000164. The number of amides is 10. The Morgan fingerprint density at radius 3 is 0.681 bits per heavy atom. The van der Waals surface area contributed by atoms with Gasteiger partial charge in [-0.2, -0.15) is 0 Å². The summed E-state index contributed by atoms with van der Waals surface area (Å²) in [5.41, 5.74) is 78.0. The molecule has 39 nitrogen and oxygen atoms in total. The second-order valence-electron chi connectivity index (χ2n) is 22.1. The Hall–Kier alpha value is -8.95. The number of guanidine groups is 4. The van der Waals surface area contributed by atoms with Gasteiger partial charge in [0.05, 0.1) is 6.54 Å². The number of carbonyl (C=O) groups excluding carboxylic acids is 10. The number of nitrogens with zero attached hydrogens (tertiary/aromatic N) is 4. The van der Waals surface area contributed by atoms with Gasteiger partial charge in [0.15, 0.2) is 23.8 Å². The Kier molecular flexibility index (Phi) is 45.8. The number of nitrogens with one attached hydrogen (secondary N) is 9. The zero-order chi connectivity index (χ0) is 71.0. The van der Waals surface area contributed by atoms with Crippen molar-refractivity contribution < 1.29 is 57.8 Å². The molecule has 0 aliphatic rings. The SMILES string of the molecule is NCCCC[C@H](NC(=O)CN)C(=O)N[C@@H](CCCCN)C(=O)N[C@@H](CCCCN)C(=O)N[C@@H](CCCN=C(N)N)C(=O)N[C@@H](CCCCN)C(=O)N[C@@H](CCC(N)=O)C(=O)N[C@@H](CCCN=C(N)N)C(=O)N[C@@H](CCCN=C(N)N)C(=O)N[C@@H](CCCN=C(N)N)C(=O)O. The van der Waals surface area contributed by atoms with E-state index in [4.69, 9.17) is 80.3 Å². The van der Waals surface area contributed by atoms with E-state index in [1.807, 2.05) is 0 Å². The lowest BCUT2D eigenvalue weighted by molar-refractivity contribution is -0.142. The molecule has 0 radical (unpaired) electrons. The van der Waals surface area contributed by atoms with Crippen LogP contribution in [0.2, 0.25) is 0 Å². The maximum atomic E-state index is 14.6. The van der Waals surface area contributed by atoms with Gasteiger partial charge in [0.1, 0.15) is 54.4 Å². The molecule has 9 atom stereocenters. The number of hydrogen-bond donors (Lipinski definition) is 24. The predicted octanol–water partition coefficient (Wildman–Crippen LogP) is -9.61. The molecule has 10 amide bonds. The van der Waals surface area contributed by atoms with E-state index in [1.54, 1.807) is 0 Å². The highest BCUT2D eigenvalue weighted by Crippen LogP contribution is 2.13. The fourth-order valence-electron chi connectivity index (χ4n) is 9.11. The molecule has 0 aliphatic carbocycles. The number of aliphatic carboxylic acids is 1. The first kappa shape index (κ1) is 85.0. The van der Waals surface area contributed by atoms with Crippen LogP contribution >= 0.6 is 0 Å². The predicted molar refractivity (Wildman–Crippen MR) is 354 cm³/mol. The first-order chi connectivity index (χ1) is 44.6. The van der Waals surface area contributed by atoms with Crippen molar-refractivity contribution in [2.24, 2.45) is 100 Å². The molecule has 38 N–H and O–H groups in total. The summed E-state index contributed by atoms with van der Waals surface area (Å²) in [4.78, 5) is 167. The molecule has 0 fully saturated rings. The van der Waals surface area contributed by atoms with Gasteiger partial charge in [0.25, 0.3) is 0 Å². The van der Waals surface area contributed by atoms with E-state index in [9.17, 15) is 57.8 Å². The molecule has 536 valence electrons. The second-order valence-corrected chi connectivity index (χ2v) is 22.1. The fourth-order valence-corrected chi connectivity index (χ4v) is 9.11. The zero-order valence-corrected chi connectivity index (χ0v) is 53.9. The largest absolute Gasteiger partial charge is 0.480 e. The minimum atomic E-state index is -1.65. The Morgan fingerprint density at radius 1 is 0.277 bits per heavy atom. The van der Waals surface area contributed by atoms with Gasteiger partial charge in [0, 0.05) is 32.6 Å². The number of unbranched alkanes of at least 4 members (excludes halogenated alkanes) is 4. The summed E-state index contributed by atoms with van der Waals surface area (Å²) in [5.74, 6) is -11.1. The molecule has 0 aromatic carbocycles. The topological polar surface area (TPSA) is 730 Å². The van der Waals surface area contributed by atoms with Gasteiger partial charge in [-0.1, -0.05) is 0 Å². The molecule has 0 unspecified atom stereocenters. The van der Waals surface area contributed by atoms with E-state index in [0.717, 1.165) is 0 Å². The molecule has 0 aromatic rings. The van der Waals surface area contributed by atoms with Gasteiger partial charge < -0.3 is 133 Å². The molecule has 0 aliphatic heterocycles.